The van der Waals surface area contributed by atoms with Crippen LogP contribution < -0.4 is 0 Å². The first-order valence-electron chi connectivity index (χ1n) is 4.47. The fourth-order valence-electron chi connectivity index (χ4n) is 1.32. The maximum absolute atomic E-state index is 13.3. The van der Waals surface area contributed by atoms with Gasteiger partial charge in [-0.15, -0.1) is 0 Å². The van der Waals surface area contributed by atoms with Crippen LogP contribution in [0.4, 0.5) is 4.39 Å². The van der Waals surface area contributed by atoms with Crippen LogP contribution in [-0.4, -0.2) is 11.3 Å². The van der Waals surface area contributed by atoms with Crippen molar-refractivity contribution in [2.24, 2.45) is 0 Å². The van der Waals surface area contributed by atoms with Gasteiger partial charge in [0.05, 0.1) is 11.3 Å². The van der Waals surface area contributed by atoms with E-state index >= 15 is 0 Å². The quantitative estimate of drug-likeness (QED) is 0.699. The highest BCUT2D eigenvalue weighted by atomic mass is 19.1. The van der Waals surface area contributed by atoms with Crippen molar-refractivity contribution < 1.29 is 9.18 Å². The molecule has 0 N–H and O–H groups in total. The van der Waals surface area contributed by atoms with Crippen LogP contribution in [-0.2, 0) is 0 Å². The van der Waals surface area contributed by atoms with Gasteiger partial charge in [0.15, 0.2) is 6.29 Å². The molecule has 0 atom stereocenters. The highest BCUT2D eigenvalue weighted by molar-refractivity contribution is 5.77. The van der Waals surface area contributed by atoms with Crippen LogP contribution >= 0.6 is 0 Å². The molecule has 0 aliphatic rings. The summed E-state index contributed by atoms with van der Waals surface area (Å²) in [6, 6.07) is 9.84. The van der Waals surface area contributed by atoms with Crippen LogP contribution in [0.3, 0.4) is 0 Å². The van der Waals surface area contributed by atoms with Crippen LogP contribution in [0.1, 0.15) is 10.4 Å². The van der Waals surface area contributed by atoms with E-state index in [0.717, 1.165) is 0 Å². The van der Waals surface area contributed by atoms with E-state index in [2.05, 4.69) is 4.98 Å². The van der Waals surface area contributed by atoms with E-state index in [1.807, 2.05) is 6.07 Å². The molecule has 0 aliphatic heterocycles. The molecule has 0 spiro atoms. The lowest BCUT2D eigenvalue weighted by atomic mass is 10.1. The lowest BCUT2D eigenvalue weighted by Gasteiger charge is -2.01. The maximum atomic E-state index is 13.3. The maximum Gasteiger partial charge on any atom is 0.152 e. The largest absolute Gasteiger partial charge is 0.298 e. The Morgan fingerprint density at radius 1 is 1.20 bits per heavy atom. The second-order valence-corrected chi connectivity index (χ2v) is 3.07. The first-order valence-corrected chi connectivity index (χ1v) is 4.47. The van der Waals surface area contributed by atoms with Crippen LogP contribution in [0, 0.1) is 5.82 Å². The first-order chi connectivity index (χ1) is 7.31. The molecule has 2 rings (SSSR count). The highest BCUT2D eigenvalue weighted by Crippen LogP contribution is 2.18. The fourth-order valence-corrected chi connectivity index (χ4v) is 1.32. The lowest BCUT2D eigenvalue weighted by Crippen LogP contribution is -1.89. The molecule has 0 fully saturated rings. The van der Waals surface area contributed by atoms with E-state index in [1.165, 1.54) is 12.1 Å². The average Bonchev–Trinajstić information content (AvgIpc) is 2.30. The minimum absolute atomic E-state index is 0.0645. The van der Waals surface area contributed by atoms with Gasteiger partial charge in [-0.05, 0) is 24.3 Å². The van der Waals surface area contributed by atoms with Crippen LogP contribution in [0.5, 0.6) is 0 Å². The summed E-state index contributed by atoms with van der Waals surface area (Å²) in [5.41, 5.74) is 1.42. The van der Waals surface area contributed by atoms with Gasteiger partial charge in [0.1, 0.15) is 5.82 Å². The molecule has 0 saturated heterocycles. The Morgan fingerprint density at radius 2 is 2.07 bits per heavy atom. The second kappa shape index (κ2) is 4.00. The van der Waals surface area contributed by atoms with Gasteiger partial charge in [-0.1, -0.05) is 12.1 Å². The van der Waals surface area contributed by atoms with E-state index in [1.54, 1.807) is 24.4 Å². The molecule has 0 bridgehead atoms. The summed E-state index contributed by atoms with van der Waals surface area (Å²) in [7, 11) is 0. The number of hydrogen-bond donors (Lipinski definition) is 0. The smallest absolute Gasteiger partial charge is 0.152 e. The molecular weight excluding hydrogens is 193 g/mol. The molecular formula is C12H8FNO. The second-order valence-electron chi connectivity index (χ2n) is 3.07. The third-order valence-electron chi connectivity index (χ3n) is 2.09. The molecule has 2 nitrogen and oxygen atoms in total. The molecule has 0 saturated carbocycles. The van der Waals surface area contributed by atoms with Gasteiger partial charge in [0, 0.05) is 11.8 Å². The van der Waals surface area contributed by atoms with Gasteiger partial charge in [0.2, 0.25) is 0 Å². The molecule has 74 valence electrons. The summed E-state index contributed by atoms with van der Waals surface area (Å²) >= 11 is 0. The van der Waals surface area contributed by atoms with Crippen molar-refractivity contribution in [2.75, 3.05) is 0 Å². The Labute approximate surface area is 86.4 Å². The van der Waals surface area contributed by atoms with Gasteiger partial charge in [-0.3, -0.25) is 9.78 Å². The molecule has 2 aromatic rings. The predicted octanol–water partition coefficient (Wildman–Crippen LogP) is 2.70. The van der Waals surface area contributed by atoms with Crippen molar-refractivity contribution in [3.63, 3.8) is 0 Å². The minimum atomic E-state index is -0.520. The zero-order chi connectivity index (χ0) is 10.7. The van der Waals surface area contributed by atoms with Crippen molar-refractivity contribution in [2.45, 2.75) is 0 Å². The monoisotopic (exact) mass is 201 g/mol. The number of aldehydes is 1. The van der Waals surface area contributed by atoms with Crippen LogP contribution in [0.25, 0.3) is 11.3 Å². The molecule has 0 aliphatic carbocycles. The fraction of sp³-hybridized carbons (Fsp3) is 0. The Kier molecular flexibility index (Phi) is 2.54. The first kappa shape index (κ1) is 9.52. The van der Waals surface area contributed by atoms with E-state index < -0.39 is 5.82 Å². The Balaban J connectivity index is 2.47. The van der Waals surface area contributed by atoms with Gasteiger partial charge >= 0.3 is 0 Å². The number of hydrogen-bond acceptors (Lipinski definition) is 2. The standard InChI is InChI=1S/C12H8FNO/c13-11-7-9(4-5-10(11)8-15)12-3-1-2-6-14-12/h1-8H. The summed E-state index contributed by atoms with van der Waals surface area (Å²) in [6.07, 6.45) is 2.14. The molecule has 0 unspecified atom stereocenters. The van der Waals surface area contributed by atoms with Gasteiger partial charge in [-0.2, -0.15) is 0 Å². The van der Waals surface area contributed by atoms with Gasteiger partial charge in [0.25, 0.3) is 0 Å². The molecule has 3 heteroatoms. The molecule has 15 heavy (non-hydrogen) atoms. The summed E-state index contributed by atoms with van der Waals surface area (Å²) in [4.78, 5) is 14.5. The van der Waals surface area contributed by atoms with Crippen molar-refractivity contribution in [1.29, 1.82) is 0 Å². The highest BCUT2D eigenvalue weighted by Gasteiger charge is 2.04. The van der Waals surface area contributed by atoms with Crippen molar-refractivity contribution in [1.82, 2.24) is 4.98 Å². The molecule has 0 radical (unpaired) electrons. The summed E-state index contributed by atoms with van der Waals surface area (Å²) < 4.78 is 13.3. The normalized spacial score (nSPS) is 9.93. The van der Waals surface area contributed by atoms with Gasteiger partial charge < -0.3 is 0 Å². The summed E-state index contributed by atoms with van der Waals surface area (Å²) in [5.74, 6) is -0.520. The van der Waals surface area contributed by atoms with E-state index in [9.17, 15) is 9.18 Å². The number of carbonyl (C=O) groups is 1. The number of pyridine rings is 1. The van der Waals surface area contributed by atoms with Crippen molar-refractivity contribution in [3.8, 4) is 11.3 Å². The number of halogens is 1. The number of carbonyl (C=O) groups excluding carboxylic acids is 1. The predicted molar refractivity (Wildman–Crippen MR) is 55.0 cm³/mol. The van der Waals surface area contributed by atoms with E-state index in [-0.39, 0.29) is 5.56 Å². The Morgan fingerprint density at radius 3 is 2.67 bits per heavy atom. The number of benzene rings is 1. The van der Waals surface area contributed by atoms with Crippen LogP contribution in [0.15, 0.2) is 42.6 Å². The minimum Gasteiger partial charge on any atom is -0.298 e. The molecule has 1 heterocycles. The summed E-state index contributed by atoms with van der Waals surface area (Å²) in [6.45, 7) is 0. The molecule has 0 amide bonds. The average molecular weight is 201 g/mol. The number of aromatic nitrogens is 1. The Bertz CT molecular complexity index is 482. The zero-order valence-corrected chi connectivity index (χ0v) is 7.85. The number of rotatable bonds is 2. The van der Waals surface area contributed by atoms with Gasteiger partial charge in [-0.25, -0.2) is 4.39 Å². The van der Waals surface area contributed by atoms with E-state index in [0.29, 0.717) is 17.5 Å². The van der Waals surface area contributed by atoms with E-state index in [4.69, 9.17) is 0 Å². The zero-order valence-electron chi connectivity index (χ0n) is 7.85. The van der Waals surface area contributed by atoms with Crippen molar-refractivity contribution >= 4 is 6.29 Å². The third kappa shape index (κ3) is 1.91. The lowest BCUT2D eigenvalue weighted by molar-refractivity contribution is 0.112. The van der Waals surface area contributed by atoms with Crippen molar-refractivity contribution in [3.05, 3.63) is 54.0 Å². The SMILES string of the molecule is O=Cc1ccc(-c2ccccn2)cc1F. The third-order valence-corrected chi connectivity index (χ3v) is 2.09. The molecule has 1 aromatic heterocycles. The molecule has 1 aromatic carbocycles. The Hall–Kier alpha value is -2.03. The number of nitrogens with zero attached hydrogens (tertiary/aromatic N) is 1. The summed E-state index contributed by atoms with van der Waals surface area (Å²) in [5, 5.41) is 0. The topological polar surface area (TPSA) is 30.0 Å². The van der Waals surface area contributed by atoms with Crippen LogP contribution in [0.2, 0.25) is 0 Å².